The number of hydrogen-bond acceptors (Lipinski definition) is 4. The van der Waals surface area contributed by atoms with Crippen molar-refractivity contribution in [3.8, 4) is 0 Å². The molecule has 0 fully saturated rings. The minimum Gasteiger partial charge on any atom is -0.326 e. The number of hydrogen-bond donors (Lipinski definition) is 1. The Bertz CT molecular complexity index is 528. The molecule has 0 aliphatic rings. The first-order valence-electron chi connectivity index (χ1n) is 5.02. The van der Waals surface area contributed by atoms with E-state index in [1.165, 1.54) is 4.68 Å². The zero-order chi connectivity index (χ0) is 12.4. The SMILES string of the molecule is Cn1nnc(Br)c1C(=O)c1ccc(CN)cc1. The molecule has 2 rings (SSSR count). The summed E-state index contributed by atoms with van der Waals surface area (Å²) in [4.78, 5) is 12.2. The summed E-state index contributed by atoms with van der Waals surface area (Å²) in [7, 11) is 1.68. The van der Waals surface area contributed by atoms with Gasteiger partial charge < -0.3 is 5.73 Å². The van der Waals surface area contributed by atoms with Gasteiger partial charge in [-0.15, -0.1) is 5.10 Å². The summed E-state index contributed by atoms with van der Waals surface area (Å²) in [5.41, 5.74) is 7.52. The van der Waals surface area contributed by atoms with Gasteiger partial charge in [0.2, 0.25) is 5.78 Å². The number of benzene rings is 1. The molecule has 0 atom stereocenters. The van der Waals surface area contributed by atoms with E-state index in [4.69, 9.17) is 5.73 Å². The van der Waals surface area contributed by atoms with E-state index in [0.717, 1.165) is 5.56 Å². The van der Waals surface area contributed by atoms with Gasteiger partial charge in [-0.2, -0.15) is 0 Å². The number of nitrogens with two attached hydrogens (primary N) is 1. The standard InChI is InChI=1S/C11H11BrN4O/c1-16-9(11(12)14-15-16)10(17)8-4-2-7(6-13)3-5-8/h2-5H,6,13H2,1H3. The van der Waals surface area contributed by atoms with Gasteiger partial charge in [0.1, 0.15) is 5.69 Å². The number of aryl methyl sites for hydroxylation is 1. The van der Waals surface area contributed by atoms with Gasteiger partial charge in [0.05, 0.1) is 0 Å². The third-order valence-electron chi connectivity index (χ3n) is 2.45. The van der Waals surface area contributed by atoms with E-state index in [0.29, 0.717) is 22.4 Å². The molecule has 0 aliphatic heterocycles. The number of halogens is 1. The molecule has 17 heavy (non-hydrogen) atoms. The Labute approximate surface area is 107 Å². The van der Waals surface area contributed by atoms with Crippen LogP contribution in [-0.2, 0) is 13.6 Å². The lowest BCUT2D eigenvalue weighted by Gasteiger charge is -2.02. The minimum absolute atomic E-state index is 0.118. The third-order valence-corrected chi connectivity index (χ3v) is 2.99. The zero-order valence-corrected chi connectivity index (χ0v) is 10.8. The predicted molar refractivity (Wildman–Crippen MR) is 66.5 cm³/mol. The second-order valence-corrected chi connectivity index (χ2v) is 4.33. The van der Waals surface area contributed by atoms with Crippen LogP contribution in [0, 0.1) is 0 Å². The molecule has 88 valence electrons. The number of aromatic nitrogens is 3. The summed E-state index contributed by atoms with van der Waals surface area (Å²) in [6, 6.07) is 7.18. The predicted octanol–water partition coefficient (Wildman–Crippen LogP) is 1.27. The van der Waals surface area contributed by atoms with Crippen LogP contribution >= 0.6 is 15.9 Å². The molecule has 0 bridgehead atoms. The average molecular weight is 295 g/mol. The highest BCUT2D eigenvalue weighted by Gasteiger charge is 2.18. The van der Waals surface area contributed by atoms with E-state index in [1.807, 2.05) is 12.1 Å². The Morgan fingerprint density at radius 3 is 2.53 bits per heavy atom. The van der Waals surface area contributed by atoms with Gasteiger partial charge in [-0.1, -0.05) is 29.5 Å². The molecule has 5 nitrogen and oxygen atoms in total. The van der Waals surface area contributed by atoms with Crippen molar-refractivity contribution in [3.63, 3.8) is 0 Å². The number of nitrogens with zero attached hydrogens (tertiary/aromatic N) is 3. The van der Waals surface area contributed by atoms with E-state index < -0.39 is 0 Å². The van der Waals surface area contributed by atoms with Crippen LogP contribution in [0.25, 0.3) is 0 Å². The van der Waals surface area contributed by atoms with Crippen molar-refractivity contribution in [2.24, 2.45) is 12.8 Å². The molecule has 2 aromatic rings. The van der Waals surface area contributed by atoms with Gasteiger partial charge in [-0.3, -0.25) is 4.79 Å². The molecule has 0 saturated carbocycles. The lowest BCUT2D eigenvalue weighted by Crippen LogP contribution is -2.09. The Balaban J connectivity index is 2.37. The number of ketones is 1. The fourth-order valence-corrected chi connectivity index (χ4v) is 2.01. The summed E-state index contributed by atoms with van der Waals surface area (Å²) in [5.74, 6) is -0.118. The lowest BCUT2D eigenvalue weighted by molar-refractivity contribution is 0.102. The first-order chi connectivity index (χ1) is 8.13. The van der Waals surface area contributed by atoms with Crippen LogP contribution in [0.4, 0.5) is 0 Å². The van der Waals surface area contributed by atoms with Gasteiger partial charge in [0, 0.05) is 19.2 Å². The minimum atomic E-state index is -0.118. The first kappa shape index (κ1) is 11.9. The van der Waals surface area contributed by atoms with Crippen LogP contribution < -0.4 is 5.73 Å². The van der Waals surface area contributed by atoms with Gasteiger partial charge in [0.15, 0.2) is 4.60 Å². The Hall–Kier alpha value is -1.53. The van der Waals surface area contributed by atoms with Crippen molar-refractivity contribution < 1.29 is 4.79 Å². The summed E-state index contributed by atoms with van der Waals surface area (Å²) in [6.45, 7) is 0.464. The lowest BCUT2D eigenvalue weighted by atomic mass is 10.1. The molecule has 1 heterocycles. The maximum atomic E-state index is 12.2. The van der Waals surface area contributed by atoms with E-state index in [9.17, 15) is 4.79 Å². The summed E-state index contributed by atoms with van der Waals surface area (Å²) < 4.78 is 1.90. The van der Waals surface area contributed by atoms with Crippen molar-refractivity contribution in [3.05, 3.63) is 45.7 Å². The van der Waals surface area contributed by atoms with Crippen molar-refractivity contribution in [1.29, 1.82) is 0 Å². The van der Waals surface area contributed by atoms with Gasteiger partial charge in [0.25, 0.3) is 0 Å². The van der Waals surface area contributed by atoms with Crippen molar-refractivity contribution >= 4 is 21.7 Å². The second kappa shape index (κ2) is 4.77. The maximum absolute atomic E-state index is 12.2. The van der Waals surface area contributed by atoms with E-state index in [2.05, 4.69) is 26.2 Å². The van der Waals surface area contributed by atoms with Gasteiger partial charge in [-0.25, -0.2) is 4.68 Å². The Morgan fingerprint density at radius 2 is 2.06 bits per heavy atom. The molecule has 2 N–H and O–H groups in total. The first-order valence-corrected chi connectivity index (χ1v) is 5.81. The van der Waals surface area contributed by atoms with Gasteiger partial charge >= 0.3 is 0 Å². The van der Waals surface area contributed by atoms with E-state index in [1.54, 1.807) is 19.2 Å². The van der Waals surface area contributed by atoms with Crippen LogP contribution in [0.1, 0.15) is 21.6 Å². The maximum Gasteiger partial charge on any atom is 0.213 e. The molecular weight excluding hydrogens is 284 g/mol. The molecule has 0 saturated heterocycles. The summed E-state index contributed by atoms with van der Waals surface area (Å²) in [6.07, 6.45) is 0. The molecule has 1 aromatic carbocycles. The average Bonchev–Trinajstić information content (AvgIpc) is 2.68. The molecule has 0 amide bonds. The molecule has 0 spiro atoms. The number of rotatable bonds is 3. The largest absolute Gasteiger partial charge is 0.326 e. The van der Waals surface area contributed by atoms with Gasteiger partial charge in [-0.05, 0) is 21.5 Å². The highest BCUT2D eigenvalue weighted by Crippen LogP contribution is 2.17. The van der Waals surface area contributed by atoms with Crippen LogP contribution in [0.15, 0.2) is 28.9 Å². The Kier molecular flexibility index (Phi) is 3.35. The van der Waals surface area contributed by atoms with Crippen molar-refractivity contribution in [2.45, 2.75) is 6.54 Å². The zero-order valence-electron chi connectivity index (χ0n) is 9.22. The third kappa shape index (κ3) is 2.27. The summed E-state index contributed by atoms with van der Waals surface area (Å²) in [5, 5.41) is 7.56. The van der Waals surface area contributed by atoms with Crippen molar-refractivity contribution in [1.82, 2.24) is 15.0 Å². The second-order valence-electron chi connectivity index (χ2n) is 3.58. The summed E-state index contributed by atoms with van der Waals surface area (Å²) >= 11 is 3.21. The van der Waals surface area contributed by atoms with Crippen LogP contribution in [-0.4, -0.2) is 20.8 Å². The fraction of sp³-hybridized carbons (Fsp3) is 0.182. The quantitative estimate of drug-likeness (QED) is 0.865. The molecule has 0 aliphatic carbocycles. The normalized spacial score (nSPS) is 10.5. The molecule has 0 radical (unpaired) electrons. The van der Waals surface area contributed by atoms with Crippen LogP contribution in [0.2, 0.25) is 0 Å². The highest BCUT2D eigenvalue weighted by molar-refractivity contribution is 9.10. The smallest absolute Gasteiger partial charge is 0.213 e. The molecule has 6 heteroatoms. The van der Waals surface area contributed by atoms with E-state index >= 15 is 0 Å². The fourth-order valence-electron chi connectivity index (χ4n) is 1.50. The van der Waals surface area contributed by atoms with Crippen LogP contribution in [0.5, 0.6) is 0 Å². The number of carbonyl (C=O) groups is 1. The topological polar surface area (TPSA) is 73.8 Å². The van der Waals surface area contributed by atoms with Crippen LogP contribution in [0.3, 0.4) is 0 Å². The van der Waals surface area contributed by atoms with Crippen molar-refractivity contribution in [2.75, 3.05) is 0 Å². The molecule has 1 aromatic heterocycles. The highest BCUT2D eigenvalue weighted by atomic mass is 79.9. The monoisotopic (exact) mass is 294 g/mol. The number of carbonyl (C=O) groups excluding carboxylic acids is 1. The Morgan fingerprint density at radius 1 is 1.41 bits per heavy atom. The molecular formula is C11H11BrN4O. The van der Waals surface area contributed by atoms with E-state index in [-0.39, 0.29) is 5.78 Å². The molecule has 0 unspecified atom stereocenters.